The summed E-state index contributed by atoms with van der Waals surface area (Å²) in [5.41, 5.74) is 0.278. The minimum Gasteiger partial charge on any atom is -0.508 e. The van der Waals surface area contributed by atoms with Gasteiger partial charge in [-0.3, -0.25) is 4.79 Å². The predicted octanol–water partition coefficient (Wildman–Crippen LogP) is 0.592. The van der Waals surface area contributed by atoms with Gasteiger partial charge in [0.05, 0.1) is 5.69 Å². The molecule has 0 aliphatic rings. The molecule has 0 atom stereocenters. The molecule has 0 aromatic heterocycles. The molecule has 0 spiro atoms. The summed E-state index contributed by atoms with van der Waals surface area (Å²) in [4.78, 5) is 10.2. The Morgan fingerprint density at radius 1 is 1.36 bits per heavy atom. The fourth-order valence-corrected chi connectivity index (χ4v) is 0.840. The largest absolute Gasteiger partial charge is 0.508 e. The van der Waals surface area contributed by atoms with Crippen LogP contribution in [0.15, 0.2) is 18.2 Å². The monoisotopic (exact) mass is 246 g/mol. The van der Waals surface area contributed by atoms with Crippen molar-refractivity contribution < 1.29 is 37.2 Å². The number of carboxylic acid groups (broad SMARTS) is 1. The van der Waals surface area contributed by atoms with Crippen molar-refractivity contribution >= 4 is 11.7 Å². The second kappa shape index (κ2) is 5.36. The average molecular weight is 247 g/mol. The van der Waals surface area contributed by atoms with Gasteiger partial charge in [0.15, 0.2) is 0 Å². The number of nitrogens with one attached hydrogen (secondary N) is 1. The average Bonchev–Trinajstić information content (AvgIpc) is 2.02. The standard InChI is InChI=1S/C8H9NO4.Cu/c10-5-1-2-6(7(11)3-5)9-4-8(12)13;/h1-3,9-11H,4H2,(H,12,13);. The van der Waals surface area contributed by atoms with Crippen LogP contribution >= 0.6 is 0 Å². The van der Waals surface area contributed by atoms with Crippen LogP contribution < -0.4 is 5.32 Å². The Hall–Kier alpha value is -1.39. The second-order valence-electron chi connectivity index (χ2n) is 2.45. The molecule has 0 aliphatic carbocycles. The Balaban J connectivity index is 0.00000169. The number of phenolic OH excluding ortho intramolecular Hbond substituents is 2. The van der Waals surface area contributed by atoms with Gasteiger partial charge in [-0.25, -0.2) is 0 Å². The Morgan fingerprint density at radius 2 is 2.00 bits per heavy atom. The van der Waals surface area contributed by atoms with E-state index >= 15 is 0 Å². The number of benzene rings is 1. The van der Waals surface area contributed by atoms with Gasteiger partial charge in [-0.05, 0) is 12.1 Å². The number of anilines is 1. The topological polar surface area (TPSA) is 89.8 Å². The molecule has 14 heavy (non-hydrogen) atoms. The van der Waals surface area contributed by atoms with E-state index in [1.165, 1.54) is 12.1 Å². The van der Waals surface area contributed by atoms with Gasteiger partial charge >= 0.3 is 5.97 Å². The summed E-state index contributed by atoms with van der Waals surface area (Å²) >= 11 is 0. The molecule has 4 N–H and O–H groups in total. The summed E-state index contributed by atoms with van der Waals surface area (Å²) < 4.78 is 0. The Bertz CT molecular complexity index is 329. The van der Waals surface area contributed by atoms with Crippen LogP contribution in [-0.2, 0) is 21.9 Å². The second-order valence-corrected chi connectivity index (χ2v) is 2.45. The summed E-state index contributed by atoms with van der Waals surface area (Å²) in [6, 6.07) is 3.88. The van der Waals surface area contributed by atoms with Gasteiger partial charge < -0.3 is 20.6 Å². The van der Waals surface area contributed by atoms with Gasteiger partial charge in [-0.1, -0.05) is 0 Å². The van der Waals surface area contributed by atoms with Crippen molar-refractivity contribution in [2.45, 2.75) is 0 Å². The summed E-state index contributed by atoms with van der Waals surface area (Å²) in [7, 11) is 0. The maximum Gasteiger partial charge on any atom is 0.322 e. The molecule has 1 rings (SSSR count). The summed E-state index contributed by atoms with van der Waals surface area (Å²) in [6.45, 7) is -0.279. The van der Waals surface area contributed by atoms with E-state index in [0.717, 1.165) is 6.07 Å². The number of rotatable bonds is 3. The van der Waals surface area contributed by atoms with Gasteiger partial charge in [-0.2, -0.15) is 0 Å². The van der Waals surface area contributed by atoms with Crippen LogP contribution in [0.2, 0.25) is 0 Å². The van der Waals surface area contributed by atoms with E-state index in [-0.39, 0.29) is 40.8 Å². The molecule has 0 saturated carbocycles. The Labute approximate surface area is 90.9 Å². The first-order valence-electron chi connectivity index (χ1n) is 3.57. The molecule has 0 unspecified atom stereocenters. The van der Waals surface area contributed by atoms with Gasteiger partial charge in [0.2, 0.25) is 0 Å². The molecule has 1 radical (unpaired) electrons. The molecule has 5 nitrogen and oxygen atoms in total. The van der Waals surface area contributed by atoms with Gasteiger partial charge in [-0.15, -0.1) is 0 Å². The van der Waals surface area contributed by atoms with Crippen LogP contribution in [0, 0.1) is 0 Å². The first kappa shape index (κ1) is 12.6. The fourth-order valence-electron chi connectivity index (χ4n) is 0.840. The minimum atomic E-state index is -1.02. The van der Waals surface area contributed by atoms with Crippen molar-refractivity contribution in [3.63, 3.8) is 0 Å². The molecule has 1 aromatic carbocycles. The van der Waals surface area contributed by atoms with Crippen molar-refractivity contribution in [1.29, 1.82) is 0 Å². The van der Waals surface area contributed by atoms with Gasteiger partial charge in [0, 0.05) is 23.1 Å². The maximum absolute atomic E-state index is 10.2. The first-order chi connectivity index (χ1) is 6.09. The van der Waals surface area contributed by atoms with Crippen LogP contribution in [0.5, 0.6) is 11.5 Å². The minimum absolute atomic E-state index is 0. The van der Waals surface area contributed by atoms with E-state index in [4.69, 9.17) is 10.2 Å². The van der Waals surface area contributed by atoms with E-state index in [1.54, 1.807) is 0 Å². The van der Waals surface area contributed by atoms with Crippen LogP contribution in [0.3, 0.4) is 0 Å². The number of hydrogen-bond donors (Lipinski definition) is 4. The number of carbonyl (C=O) groups is 1. The number of aromatic hydroxyl groups is 2. The molecule has 0 amide bonds. The maximum atomic E-state index is 10.2. The number of carboxylic acids is 1. The number of aliphatic carboxylic acids is 1. The van der Waals surface area contributed by atoms with Crippen molar-refractivity contribution in [1.82, 2.24) is 0 Å². The van der Waals surface area contributed by atoms with Crippen molar-refractivity contribution in [2.24, 2.45) is 0 Å². The molecule has 6 heteroatoms. The SMILES string of the molecule is O=C(O)CNc1ccc(O)cc1O.[Cu]. The smallest absolute Gasteiger partial charge is 0.322 e. The summed E-state index contributed by atoms with van der Waals surface area (Å²) in [5.74, 6) is -1.27. The zero-order valence-corrected chi connectivity index (χ0v) is 7.93. The van der Waals surface area contributed by atoms with Crippen LogP contribution in [0.4, 0.5) is 5.69 Å². The Morgan fingerprint density at radius 3 is 2.50 bits per heavy atom. The third-order valence-corrected chi connectivity index (χ3v) is 1.41. The quantitative estimate of drug-likeness (QED) is 0.356. The van der Waals surface area contributed by atoms with E-state index in [2.05, 4.69) is 5.32 Å². The molecule has 0 heterocycles. The van der Waals surface area contributed by atoms with Crippen molar-refractivity contribution in [2.75, 3.05) is 11.9 Å². The van der Waals surface area contributed by atoms with E-state index in [0.29, 0.717) is 0 Å². The summed E-state index contributed by atoms with van der Waals surface area (Å²) in [5, 5.41) is 28.9. The molecule has 0 aliphatic heterocycles. The molecular formula is C8H9CuNO4. The molecule has 0 bridgehead atoms. The van der Waals surface area contributed by atoms with Gasteiger partial charge in [0.25, 0.3) is 0 Å². The molecule has 1 aromatic rings. The van der Waals surface area contributed by atoms with E-state index < -0.39 is 5.97 Å². The third-order valence-electron chi connectivity index (χ3n) is 1.41. The van der Waals surface area contributed by atoms with E-state index in [9.17, 15) is 9.90 Å². The first-order valence-corrected chi connectivity index (χ1v) is 3.57. The van der Waals surface area contributed by atoms with Crippen LogP contribution in [0.25, 0.3) is 0 Å². The molecule has 0 saturated heterocycles. The molecular weight excluding hydrogens is 238 g/mol. The predicted molar refractivity (Wildman–Crippen MR) is 45.9 cm³/mol. The number of phenols is 2. The van der Waals surface area contributed by atoms with Crippen LogP contribution in [0.1, 0.15) is 0 Å². The van der Waals surface area contributed by atoms with Crippen molar-refractivity contribution in [3.05, 3.63) is 18.2 Å². The number of hydrogen-bond acceptors (Lipinski definition) is 4. The van der Waals surface area contributed by atoms with Crippen molar-refractivity contribution in [3.8, 4) is 11.5 Å². The van der Waals surface area contributed by atoms with E-state index in [1.807, 2.05) is 0 Å². The molecule has 0 fully saturated rings. The zero-order chi connectivity index (χ0) is 9.84. The summed E-state index contributed by atoms with van der Waals surface area (Å²) in [6.07, 6.45) is 0. The molecule has 81 valence electrons. The fraction of sp³-hybridized carbons (Fsp3) is 0.125. The van der Waals surface area contributed by atoms with Crippen LogP contribution in [-0.4, -0.2) is 27.8 Å². The normalized spacial score (nSPS) is 8.86. The van der Waals surface area contributed by atoms with Gasteiger partial charge in [0.1, 0.15) is 18.0 Å². The Kier molecular flexibility index (Phi) is 4.83. The third kappa shape index (κ3) is 3.55. The zero-order valence-electron chi connectivity index (χ0n) is 6.99.